The van der Waals surface area contributed by atoms with E-state index in [0.717, 1.165) is 12.8 Å². The normalized spacial score (nSPS) is 12.9. The highest BCUT2D eigenvalue weighted by Crippen LogP contribution is 2.12. The van der Waals surface area contributed by atoms with Crippen LogP contribution < -0.4 is 5.32 Å². The van der Waals surface area contributed by atoms with Gasteiger partial charge in [-0.1, -0.05) is 40.5 Å². The average molecular weight is 229 g/mol. The first-order valence-electron chi connectivity index (χ1n) is 5.94. The van der Waals surface area contributed by atoms with E-state index >= 15 is 0 Å². The van der Waals surface area contributed by atoms with Crippen LogP contribution in [0.3, 0.4) is 0 Å². The number of carbonyl (C=O) groups excluding carboxylic acids is 1. The fourth-order valence-electron chi connectivity index (χ4n) is 1.59. The Labute approximate surface area is 97.4 Å². The van der Waals surface area contributed by atoms with E-state index in [2.05, 4.69) is 5.32 Å². The molecule has 4 nitrogen and oxygen atoms in total. The maximum Gasteiger partial charge on any atom is 0.326 e. The SMILES string of the molecule is CCC(CC)CC(=O)N[C@@H](C(=O)O)C(C)C. The second kappa shape index (κ2) is 7.25. The number of rotatable bonds is 7. The van der Waals surface area contributed by atoms with Gasteiger partial charge < -0.3 is 10.4 Å². The number of aliphatic carboxylic acids is 1. The predicted octanol–water partition coefficient (Wildman–Crippen LogP) is 2.04. The summed E-state index contributed by atoms with van der Waals surface area (Å²) in [6.07, 6.45) is 2.32. The topological polar surface area (TPSA) is 66.4 Å². The second-order valence-corrected chi connectivity index (χ2v) is 4.51. The Hall–Kier alpha value is -1.06. The molecule has 0 spiro atoms. The number of hydrogen-bond acceptors (Lipinski definition) is 2. The summed E-state index contributed by atoms with van der Waals surface area (Å²) in [6.45, 7) is 7.66. The van der Waals surface area contributed by atoms with Crippen LogP contribution >= 0.6 is 0 Å². The van der Waals surface area contributed by atoms with Crippen LogP contribution in [0.5, 0.6) is 0 Å². The van der Waals surface area contributed by atoms with E-state index in [-0.39, 0.29) is 11.8 Å². The Kier molecular flexibility index (Phi) is 6.77. The van der Waals surface area contributed by atoms with Gasteiger partial charge in [-0.15, -0.1) is 0 Å². The molecule has 0 aliphatic carbocycles. The van der Waals surface area contributed by atoms with Crippen LogP contribution in [0.15, 0.2) is 0 Å². The maximum absolute atomic E-state index is 11.6. The minimum Gasteiger partial charge on any atom is -0.480 e. The number of carboxylic acids is 1. The van der Waals surface area contributed by atoms with E-state index in [9.17, 15) is 9.59 Å². The van der Waals surface area contributed by atoms with E-state index < -0.39 is 12.0 Å². The standard InChI is InChI=1S/C12H23NO3/c1-5-9(6-2)7-10(14)13-11(8(3)4)12(15)16/h8-9,11H,5-7H2,1-4H3,(H,13,14)(H,15,16)/t11-/m1/s1. The first-order valence-corrected chi connectivity index (χ1v) is 5.94. The third-order valence-electron chi connectivity index (χ3n) is 2.88. The van der Waals surface area contributed by atoms with Gasteiger partial charge in [0.2, 0.25) is 5.91 Å². The highest BCUT2D eigenvalue weighted by molar-refractivity contribution is 5.83. The molecule has 0 bridgehead atoms. The van der Waals surface area contributed by atoms with Crippen molar-refractivity contribution < 1.29 is 14.7 Å². The zero-order chi connectivity index (χ0) is 12.7. The summed E-state index contributed by atoms with van der Waals surface area (Å²) in [5.74, 6) is -0.868. The summed E-state index contributed by atoms with van der Waals surface area (Å²) < 4.78 is 0. The molecule has 0 aliphatic rings. The fraction of sp³-hybridized carbons (Fsp3) is 0.833. The van der Waals surface area contributed by atoms with Crippen LogP contribution in [0.1, 0.15) is 47.0 Å². The predicted molar refractivity (Wildman–Crippen MR) is 63.1 cm³/mol. The van der Waals surface area contributed by atoms with Crippen LogP contribution in [-0.2, 0) is 9.59 Å². The van der Waals surface area contributed by atoms with Gasteiger partial charge in [0, 0.05) is 6.42 Å². The van der Waals surface area contributed by atoms with Crippen molar-refractivity contribution in [3.63, 3.8) is 0 Å². The molecule has 0 rings (SSSR count). The maximum atomic E-state index is 11.6. The molecule has 0 aromatic rings. The Morgan fingerprint density at radius 3 is 2.00 bits per heavy atom. The number of amides is 1. The van der Waals surface area contributed by atoms with Gasteiger partial charge in [-0.3, -0.25) is 4.79 Å². The molecule has 0 saturated carbocycles. The van der Waals surface area contributed by atoms with Gasteiger partial charge in [0.15, 0.2) is 0 Å². The zero-order valence-corrected chi connectivity index (χ0v) is 10.6. The number of nitrogens with one attached hydrogen (secondary N) is 1. The van der Waals surface area contributed by atoms with Crippen molar-refractivity contribution in [2.45, 2.75) is 53.0 Å². The highest BCUT2D eigenvalue weighted by Gasteiger charge is 2.23. The largest absolute Gasteiger partial charge is 0.480 e. The summed E-state index contributed by atoms with van der Waals surface area (Å²) in [5.41, 5.74) is 0. The molecule has 1 atom stereocenters. The third kappa shape index (κ3) is 5.14. The van der Waals surface area contributed by atoms with E-state index in [0.29, 0.717) is 12.3 Å². The first-order chi connectivity index (χ1) is 7.42. The van der Waals surface area contributed by atoms with E-state index in [1.165, 1.54) is 0 Å². The van der Waals surface area contributed by atoms with E-state index in [1.54, 1.807) is 13.8 Å². The van der Waals surface area contributed by atoms with Crippen LogP contribution in [0.4, 0.5) is 0 Å². The molecule has 0 unspecified atom stereocenters. The van der Waals surface area contributed by atoms with E-state index in [4.69, 9.17) is 5.11 Å². The van der Waals surface area contributed by atoms with Gasteiger partial charge in [-0.2, -0.15) is 0 Å². The highest BCUT2D eigenvalue weighted by atomic mass is 16.4. The molecule has 0 fully saturated rings. The minimum atomic E-state index is -0.965. The molecule has 0 aromatic carbocycles. The van der Waals surface area contributed by atoms with Crippen molar-refractivity contribution in [3.8, 4) is 0 Å². The summed E-state index contributed by atoms with van der Waals surface area (Å²) in [4.78, 5) is 22.5. The van der Waals surface area contributed by atoms with Crippen LogP contribution in [0.25, 0.3) is 0 Å². The Balaban J connectivity index is 4.25. The molecule has 0 saturated heterocycles. The van der Waals surface area contributed by atoms with Crippen LogP contribution in [-0.4, -0.2) is 23.0 Å². The molecule has 2 N–H and O–H groups in total. The molecular weight excluding hydrogens is 206 g/mol. The van der Waals surface area contributed by atoms with Crippen molar-refractivity contribution in [1.82, 2.24) is 5.32 Å². The summed E-state index contributed by atoms with van der Waals surface area (Å²) in [5, 5.41) is 11.5. The summed E-state index contributed by atoms with van der Waals surface area (Å²) in [7, 11) is 0. The Bertz CT molecular complexity index is 234. The monoisotopic (exact) mass is 229 g/mol. The molecular formula is C12H23NO3. The van der Waals surface area contributed by atoms with Gasteiger partial charge in [-0.25, -0.2) is 4.79 Å². The number of carbonyl (C=O) groups is 2. The zero-order valence-electron chi connectivity index (χ0n) is 10.6. The van der Waals surface area contributed by atoms with Gasteiger partial charge in [0.05, 0.1) is 0 Å². The lowest BCUT2D eigenvalue weighted by atomic mass is 9.98. The third-order valence-corrected chi connectivity index (χ3v) is 2.88. The lowest BCUT2D eigenvalue weighted by Gasteiger charge is -2.19. The Morgan fingerprint density at radius 1 is 1.19 bits per heavy atom. The molecule has 0 heterocycles. The molecule has 0 radical (unpaired) electrons. The Morgan fingerprint density at radius 2 is 1.69 bits per heavy atom. The van der Waals surface area contributed by atoms with Gasteiger partial charge in [-0.05, 0) is 11.8 Å². The quantitative estimate of drug-likeness (QED) is 0.702. The summed E-state index contributed by atoms with van der Waals surface area (Å²) in [6, 6.07) is -0.776. The lowest BCUT2D eigenvalue weighted by Crippen LogP contribution is -2.44. The van der Waals surface area contributed by atoms with Crippen molar-refractivity contribution in [2.75, 3.05) is 0 Å². The van der Waals surface area contributed by atoms with Gasteiger partial charge in [0.1, 0.15) is 6.04 Å². The van der Waals surface area contributed by atoms with Crippen LogP contribution in [0, 0.1) is 11.8 Å². The van der Waals surface area contributed by atoms with Crippen molar-refractivity contribution >= 4 is 11.9 Å². The first kappa shape index (κ1) is 14.9. The van der Waals surface area contributed by atoms with Crippen molar-refractivity contribution in [2.24, 2.45) is 11.8 Å². The molecule has 1 amide bonds. The molecule has 4 heteroatoms. The fourth-order valence-corrected chi connectivity index (χ4v) is 1.59. The molecule has 94 valence electrons. The molecule has 0 aliphatic heterocycles. The van der Waals surface area contributed by atoms with Gasteiger partial charge >= 0.3 is 5.97 Å². The minimum absolute atomic E-state index is 0.0943. The molecule has 16 heavy (non-hydrogen) atoms. The smallest absolute Gasteiger partial charge is 0.326 e. The van der Waals surface area contributed by atoms with E-state index in [1.807, 2.05) is 13.8 Å². The lowest BCUT2D eigenvalue weighted by molar-refractivity contribution is -0.143. The second-order valence-electron chi connectivity index (χ2n) is 4.51. The summed E-state index contributed by atoms with van der Waals surface area (Å²) >= 11 is 0. The van der Waals surface area contributed by atoms with Gasteiger partial charge in [0.25, 0.3) is 0 Å². The molecule has 0 aromatic heterocycles. The average Bonchev–Trinajstić information content (AvgIpc) is 2.21. The van der Waals surface area contributed by atoms with Crippen LogP contribution in [0.2, 0.25) is 0 Å². The van der Waals surface area contributed by atoms with Crippen molar-refractivity contribution in [3.05, 3.63) is 0 Å². The number of hydrogen-bond donors (Lipinski definition) is 2. The van der Waals surface area contributed by atoms with Crippen molar-refractivity contribution in [1.29, 1.82) is 0 Å². The number of carboxylic acid groups (broad SMARTS) is 1.